The molecule has 1 aromatic carbocycles. The first kappa shape index (κ1) is 56.1. The molecule has 0 saturated carbocycles. The zero-order valence-electron chi connectivity index (χ0n) is 44.5. The second-order valence-electron chi connectivity index (χ2n) is 20.0. The van der Waals surface area contributed by atoms with E-state index in [0.29, 0.717) is 28.1 Å². The van der Waals surface area contributed by atoms with Crippen LogP contribution in [-0.4, -0.2) is 110 Å². The van der Waals surface area contributed by atoms with E-state index in [2.05, 4.69) is 86.4 Å². The number of nitrogens with two attached hydrogens (primary N) is 2. The van der Waals surface area contributed by atoms with Gasteiger partial charge in [-0.2, -0.15) is 0 Å². The van der Waals surface area contributed by atoms with Crippen molar-refractivity contribution in [1.29, 1.82) is 10.8 Å². The van der Waals surface area contributed by atoms with E-state index in [4.69, 9.17) is 27.3 Å². The van der Waals surface area contributed by atoms with E-state index in [1.807, 2.05) is 50.3 Å². The first-order valence-electron chi connectivity index (χ1n) is 26.0. The molecule has 77 heavy (non-hydrogen) atoms. The SMILES string of the molecule is C=Cc1c(C)/c2[nH]/c1=C\c1[nH]c(c(CC)c1C)/C=C1N=C(C(C(=O)O)=C\1C)/C(C)=C1\NC(/C=2)[C@@H](C)[C@@H]1CCC(=O)N[C@@H](CCCNC(=N)N)C(=O)N[C@@H](CCCNC(=N)N)C(=O)N[C@@H](Cc1c[nH]c2ccccc12)C(=O)O. The Bertz CT molecular complexity index is 3280. The van der Waals surface area contributed by atoms with E-state index in [9.17, 15) is 34.2 Å². The monoisotopic (exact) mass is 1050 g/mol. The molecule has 8 bridgehead atoms. The Morgan fingerprint density at radius 3 is 2.12 bits per heavy atom. The van der Waals surface area contributed by atoms with E-state index >= 15 is 0 Å². The largest absolute Gasteiger partial charge is 0.480 e. The number of nitrogens with zero attached hydrogens (tertiary/aromatic N) is 1. The molecule has 0 spiro atoms. The number of hydrogen-bond donors (Lipinski definition) is 15. The van der Waals surface area contributed by atoms with Gasteiger partial charge in [0.2, 0.25) is 17.7 Å². The number of amides is 3. The Balaban J connectivity index is 1.17. The van der Waals surface area contributed by atoms with Crippen molar-refractivity contribution >= 4 is 82.5 Å². The molecule has 21 nitrogen and oxygen atoms in total. The lowest BCUT2D eigenvalue weighted by molar-refractivity contribution is -0.142. The molecule has 6 atom stereocenters. The lowest BCUT2D eigenvalue weighted by Crippen LogP contribution is -2.56. The number of aromatic amines is 3. The zero-order valence-corrected chi connectivity index (χ0v) is 44.5. The number of aliphatic imine (C=N–C) groups is 1. The second kappa shape index (κ2) is 24.4. The average molecular weight is 1050 g/mol. The summed E-state index contributed by atoms with van der Waals surface area (Å²) >= 11 is 0. The molecule has 6 heterocycles. The van der Waals surface area contributed by atoms with Crippen molar-refractivity contribution in [2.45, 2.75) is 117 Å². The normalized spacial score (nSPS) is 20.4. The van der Waals surface area contributed by atoms with Crippen molar-refractivity contribution < 1.29 is 34.2 Å². The number of allylic oxidation sites excluding steroid dienone is 3. The van der Waals surface area contributed by atoms with Crippen LogP contribution in [0.25, 0.3) is 35.2 Å². The summed E-state index contributed by atoms with van der Waals surface area (Å²) in [7, 11) is 0. The molecule has 3 amide bonds. The van der Waals surface area contributed by atoms with Gasteiger partial charge in [0.05, 0.1) is 17.0 Å². The van der Waals surface area contributed by atoms with Gasteiger partial charge in [-0.25, -0.2) is 14.6 Å². The molecule has 1 saturated heterocycles. The van der Waals surface area contributed by atoms with Crippen LogP contribution in [0.2, 0.25) is 0 Å². The van der Waals surface area contributed by atoms with E-state index in [1.165, 1.54) is 0 Å². The number of benzene rings is 1. The Hall–Kier alpha value is -8.62. The number of carbonyl (C=O) groups is 5. The number of carboxylic acids is 2. The van der Waals surface area contributed by atoms with Crippen molar-refractivity contribution in [2.24, 2.45) is 28.3 Å². The summed E-state index contributed by atoms with van der Waals surface area (Å²) in [6.45, 7) is 16.4. The highest BCUT2D eigenvalue weighted by Crippen LogP contribution is 2.39. The van der Waals surface area contributed by atoms with E-state index < -0.39 is 47.8 Å². The molecule has 1 fully saturated rings. The highest BCUT2D eigenvalue weighted by atomic mass is 16.4. The summed E-state index contributed by atoms with van der Waals surface area (Å²) in [6.07, 6.45) is 11.1. The molecule has 0 radical (unpaired) electrons. The topological polar surface area (TPSA) is 357 Å². The smallest absolute Gasteiger partial charge is 0.338 e. The summed E-state index contributed by atoms with van der Waals surface area (Å²) < 4.78 is 0. The third-order valence-electron chi connectivity index (χ3n) is 15.0. The minimum absolute atomic E-state index is 0.0205. The summed E-state index contributed by atoms with van der Waals surface area (Å²) in [5, 5.41) is 56.1. The first-order valence-corrected chi connectivity index (χ1v) is 26.0. The Morgan fingerprint density at radius 1 is 0.844 bits per heavy atom. The van der Waals surface area contributed by atoms with Crippen molar-refractivity contribution in [2.75, 3.05) is 13.1 Å². The zero-order chi connectivity index (χ0) is 55.8. The number of rotatable bonds is 22. The molecule has 0 aliphatic carbocycles. The van der Waals surface area contributed by atoms with Crippen molar-refractivity contribution in [3.63, 3.8) is 0 Å². The fourth-order valence-corrected chi connectivity index (χ4v) is 10.8. The fourth-order valence-electron chi connectivity index (χ4n) is 10.8. The molecular formula is C56H72N14O7. The van der Waals surface area contributed by atoms with Crippen LogP contribution in [0.1, 0.15) is 105 Å². The predicted molar refractivity (Wildman–Crippen MR) is 299 cm³/mol. The number of carboxylic acid groups (broad SMARTS) is 2. The van der Waals surface area contributed by atoms with Crippen LogP contribution in [0.4, 0.5) is 0 Å². The van der Waals surface area contributed by atoms with Gasteiger partial charge in [0.25, 0.3) is 0 Å². The van der Waals surface area contributed by atoms with Crippen molar-refractivity contribution in [3.8, 4) is 0 Å². The van der Waals surface area contributed by atoms with Crippen LogP contribution >= 0.6 is 0 Å². The lowest BCUT2D eigenvalue weighted by atomic mass is 9.84. The number of aromatic nitrogens is 3. The molecule has 1 unspecified atom stereocenters. The highest BCUT2D eigenvalue weighted by Gasteiger charge is 2.40. The van der Waals surface area contributed by atoms with Gasteiger partial charge in [0.15, 0.2) is 11.9 Å². The van der Waals surface area contributed by atoms with Gasteiger partial charge in [-0.1, -0.05) is 44.7 Å². The van der Waals surface area contributed by atoms with Gasteiger partial charge in [-0.05, 0) is 130 Å². The van der Waals surface area contributed by atoms with Crippen LogP contribution in [0.3, 0.4) is 0 Å². The molecule has 3 aliphatic heterocycles. The lowest BCUT2D eigenvalue weighted by Gasteiger charge is -2.25. The number of guanidine groups is 2. The van der Waals surface area contributed by atoms with Crippen LogP contribution in [0.5, 0.6) is 0 Å². The number of hydrogen-bond acceptors (Lipinski definition) is 9. The molecule has 7 rings (SSSR count). The molecule has 3 aromatic heterocycles. The first-order chi connectivity index (χ1) is 36.7. The Morgan fingerprint density at radius 2 is 1.49 bits per heavy atom. The van der Waals surface area contributed by atoms with E-state index in [0.717, 1.165) is 67.4 Å². The van der Waals surface area contributed by atoms with Crippen LogP contribution in [-0.2, 0) is 36.8 Å². The maximum absolute atomic E-state index is 14.4. The second-order valence-corrected chi connectivity index (χ2v) is 20.0. The van der Waals surface area contributed by atoms with E-state index in [-0.39, 0.29) is 93.4 Å². The van der Waals surface area contributed by atoms with Crippen LogP contribution < -0.4 is 54.1 Å². The summed E-state index contributed by atoms with van der Waals surface area (Å²) in [4.78, 5) is 83.8. The van der Waals surface area contributed by atoms with E-state index in [1.54, 1.807) is 13.1 Å². The van der Waals surface area contributed by atoms with Gasteiger partial charge < -0.3 is 68.5 Å². The maximum Gasteiger partial charge on any atom is 0.338 e. The number of para-hydroxylation sites is 1. The van der Waals surface area contributed by atoms with Gasteiger partial charge in [0, 0.05) is 88.3 Å². The molecule has 408 valence electrons. The molecule has 17 N–H and O–H groups in total. The van der Waals surface area contributed by atoms with Gasteiger partial charge >= 0.3 is 11.9 Å². The summed E-state index contributed by atoms with van der Waals surface area (Å²) in [5.41, 5.74) is 21.1. The summed E-state index contributed by atoms with van der Waals surface area (Å²) in [5.74, 6) is -5.35. The number of nitrogens with one attached hydrogen (secondary N) is 11. The Kier molecular flexibility index (Phi) is 17.8. The molecular weight excluding hydrogens is 981 g/mol. The average Bonchev–Trinajstić information content (AvgIpc) is 4.21. The molecule has 4 aromatic rings. The predicted octanol–water partition coefficient (Wildman–Crippen LogP) is 3.05. The van der Waals surface area contributed by atoms with Crippen molar-refractivity contribution in [3.05, 3.63) is 115 Å². The van der Waals surface area contributed by atoms with Gasteiger partial charge in [0.1, 0.15) is 18.1 Å². The number of aliphatic carboxylic acids is 2. The number of fused-ring (bicyclic) bond motifs is 8. The van der Waals surface area contributed by atoms with Gasteiger partial charge in [-0.3, -0.25) is 25.2 Å². The number of H-pyrrole nitrogens is 3. The standard InChI is InChI=1S/C56H72N14O7/c1-8-33-27(3)40-23-42-29(5)35(49(67-42)31(7)50-48(54(76)77)30(6)43(68-50)25-45-34(9-2)28(4)41(65-45)24-44(33)64-40)18-19-47(71)66-38(16-12-20-61-55(57)58)51(72)69-39(17-13-21-62-56(59)60)52(73)70-46(53(74)75)22-32-26-63-37-15-11-10-14-36(32)37/h8,10-11,14-15,23-26,29,35,38-39,42,46,63-65,67H,1,9,12-13,16-22H2,2-7H3,(H,66,71)(H,69,72)(H,70,73)(H,74,75)(H,76,77)(H4,57,58,61)(H4,59,60,62)/b40-23+,43-25-,44-24-,49-31-/t29-,35-,38-,39-,42?,46-/m0/s1. The molecule has 3 aliphatic rings. The minimum Gasteiger partial charge on any atom is -0.480 e. The maximum atomic E-state index is 14.4. The van der Waals surface area contributed by atoms with Crippen LogP contribution in [0, 0.1) is 36.5 Å². The third kappa shape index (κ3) is 12.7. The van der Waals surface area contributed by atoms with Crippen molar-refractivity contribution in [1.82, 2.24) is 46.9 Å². The highest BCUT2D eigenvalue weighted by molar-refractivity contribution is 6.29. The Labute approximate surface area is 446 Å². The quantitative estimate of drug-likeness (QED) is 0.0307. The third-order valence-corrected chi connectivity index (χ3v) is 15.0. The van der Waals surface area contributed by atoms with Crippen LogP contribution in [0.15, 0.2) is 70.1 Å². The molecule has 21 heteroatoms. The number of carbonyl (C=O) groups excluding carboxylic acids is 3. The fraction of sp³-hybridized carbons (Fsp3) is 0.393. The minimum atomic E-state index is -1.36. The summed E-state index contributed by atoms with van der Waals surface area (Å²) in [6, 6.07) is 3.28. The van der Waals surface area contributed by atoms with Gasteiger partial charge in [-0.15, -0.1) is 0 Å².